The minimum absolute atomic E-state index is 0.174. The number of benzene rings is 2. The smallest absolute Gasteiger partial charge is 0.266 e. The lowest BCUT2D eigenvalue weighted by Gasteiger charge is -2.19. The number of methoxy groups -OCH3 is 1. The van der Waals surface area contributed by atoms with Crippen LogP contribution in [0.5, 0.6) is 0 Å². The molecule has 1 N–H and O–H groups in total. The third-order valence-electron chi connectivity index (χ3n) is 4.03. The quantitative estimate of drug-likeness (QED) is 0.701. The van der Waals surface area contributed by atoms with Crippen LogP contribution in [-0.2, 0) is 4.74 Å². The van der Waals surface area contributed by atoms with E-state index in [1.807, 2.05) is 19.1 Å². The van der Waals surface area contributed by atoms with Gasteiger partial charge >= 0.3 is 0 Å². The Kier molecular flexibility index (Phi) is 5.21. The maximum atomic E-state index is 13.3. The molecule has 2 aromatic carbocycles. The number of para-hydroxylation sites is 1. The highest BCUT2D eigenvalue weighted by Crippen LogP contribution is 2.18. The molecule has 1 aromatic heterocycles. The van der Waals surface area contributed by atoms with Gasteiger partial charge in [-0.15, -0.1) is 0 Å². The molecule has 130 valence electrons. The monoisotopic (exact) mass is 341 g/mol. The molecule has 6 heteroatoms. The van der Waals surface area contributed by atoms with Gasteiger partial charge in [0, 0.05) is 13.7 Å². The summed E-state index contributed by atoms with van der Waals surface area (Å²) >= 11 is 0. The summed E-state index contributed by atoms with van der Waals surface area (Å²) in [4.78, 5) is 17.7. The highest BCUT2D eigenvalue weighted by atomic mass is 19.1. The first-order chi connectivity index (χ1) is 12.1. The zero-order valence-corrected chi connectivity index (χ0v) is 14.2. The van der Waals surface area contributed by atoms with Gasteiger partial charge in [-0.25, -0.2) is 9.37 Å². The number of ether oxygens (including phenoxy) is 1. The third-order valence-corrected chi connectivity index (χ3v) is 4.03. The number of hydrogen-bond acceptors (Lipinski definition) is 4. The average molecular weight is 341 g/mol. The summed E-state index contributed by atoms with van der Waals surface area (Å²) < 4.78 is 19.9. The second kappa shape index (κ2) is 7.55. The van der Waals surface area contributed by atoms with Gasteiger partial charge in [-0.3, -0.25) is 9.36 Å². The number of fused-ring (bicyclic) bond motifs is 1. The van der Waals surface area contributed by atoms with Crippen LogP contribution in [0.4, 0.5) is 4.39 Å². The molecule has 0 saturated heterocycles. The first-order valence-electron chi connectivity index (χ1n) is 8.12. The van der Waals surface area contributed by atoms with Crippen molar-refractivity contribution in [1.29, 1.82) is 0 Å². The van der Waals surface area contributed by atoms with Crippen molar-refractivity contribution in [1.82, 2.24) is 14.9 Å². The van der Waals surface area contributed by atoms with E-state index in [9.17, 15) is 9.18 Å². The van der Waals surface area contributed by atoms with E-state index >= 15 is 0 Å². The second-order valence-corrected chi connectivity index (χ2v) is 5.77. The molecule has 0 aliphatic rings. The fraction of sp³-hybridized carbons (Fsp3) is 0.263. The topological polar surface area (TPSA) is 56.1 Å². The second-order valence-electron chi connectivity index (χ2n) is 5.77. The Balaban J connectivity index is 2.17. The molecule has 0 bridgehead atoms. The molecule has 1 heterocycles. The van der Waals surface area contributed by atoms with Crippen molar-refractivity contribution in [3.05, 3.63) is 70.5 Å². The number of nitrogens with one attached hydrogen (secondary N) is 1. The van der Waals surface area contributed by atoms with Crippen molar-refractivity contribution < 1.29 is 9.13 Å². The molecule has 0 aliphatic carbocycles. The predicted octanol–water partition coefficient (Wildman–Crippen LogP) is 2.82. The molecule has 0 radical (unpaired) electrons. The van der Waals surface area contributed by atoms with E-state index in [1.54, 1.807) is 31.4 Å². The summed E-state index contributed by atoms with van der Waals surface area (Å²) in [5, 5.41) is 3.82. The summed E-state index contributed by atoms with van der Waals surface area (Å²) in [7, 11) is 1.63. The Morgan fingerprint density at radius 1 is 1.20 bits per heavy atom. The van der Waals surface area contributed by atoms with Gasteiger partial charge in [-0.1, -0.05) is 12.1 Å². The van der Waals surface area contributed by atoms with Gasteiger partial charge in [0.25, 0.3) is 5.56 Å². The Hall–Kier alpha value is -2.57. The van der Waals surface area contributed by atoms with E-state index in [2.05, 4.69) is 10.3 Å². The molecule has 0 fully saturated rings. The van der Waals surface area contributed by atoms with Crippen LogP contribution in [0.3, 0.4) is 0 Å². The number of aromatic nitrogens is 2. The van der Waals surface area contributed by atoms with Crippen LogP contribution in [-0.4, -0.2) is 29.8 Å². The molecule has 25 heavy (non-hydrogen) atoms. The number of halogens is 1. The SMILES string of the molecule is COCCNC(C)c1nc2ccccc2c(=O)n1-c1ccc(F)cc1. The summed E-state index contributed by atoms with van der Waals surface area (Å²) in [6.07, 6.45) is 0. The van der Waals surface area contributed by atoms with Gasteiger partial charge in [-0.2, -0.15) is 0 Å². The van der Waals surface area contributed by atoms with Crippen LogP contribution in [0, 0.1) is 5.82 Å². The molecule has 0 saturated carbocycles. The number of nitrogens with zero attached hydrogens (tertiary/aromatic N) is 2. The van der Waals surface area contributed by atoms with Gasteiger partial charge in [0.15, 0.2) is 0 Å². The predicted molar refractivity (Wildman–Crippen MR) is 95.6 cm³/mol. The van der Waals surface area contributed by atoms with E-state index < -0.39 is 0 Å². The highest BCUT2D eigenvalue weighted by Gasteiger charge is 2.17. The summed E-state index contributed by atoms with van der Waals surface area (Å²) in [5.74, 6) is 0.227. The maximum absolute atomic E-state index is 13.3. The van der Waals surface area contributed by atoms with Crippen molar-refractivity contribution >= 4 is 10.9 Å². The van der Waals surface area contributed by atoms with E-state index in [4.69, 9.17) is 4.74 Å². The molecule has 1 atom stereocenters. The van der Waals surface area contributed by atoms with Crippen molar-refractivity contribution in [3.63, 3.8) is 0 Å². The van der Waals surface area contributed by atoms with E-state index in [0.29, 0.717) is 35.6 Å². The zero-order valence-electron chi connectivity index (χ0n) is 14.2. The standard InChI is InChI=1S/C19H20FN3O2/c1-13(21-11-12-25-2)18-22-17-6-4-3-5-16(17)19(24)23(18)15-9-7-14(20)8-10-15/h3-10,13,21H,11-12H2,1-2H3. The Bertz CT molecular complexity index is 922. The fourth-order valence-electron chi connectivity index (χ4n) is 2.75. The van der Waals surface area contributed by atoms with Gasteiger partial charge < -0.3 is 10.1 Å². The van der Waals surface area contributed by atoms with Crippen molar-refractivity contribution in [2.45, 2.75) is 13.0 Å². The summed E-state index contributed by atoms with van der Waals surface area (Å²) in [6, 6.07) is 12.9. The van der Waals surface area contributed by atoms with Crippen molar-refractivity contribution in [2.24, 2.45) is 0 Å². The first-order valence-corrected chi connectivity index (χ1v) is 8.12. The highest BCUT2D eigenvalue weighted by molar-refractivity contribution is 5.77. The largest absolute Gasteiger partial charge is 0.383 e. The van der Waals surface area contributed by atoms with Gasteiger partial charge in [0.1, 0.15) is 11.6 Å². The summed E-state index contributed by atoms with van der Waals surface area (Å²) in [5.41, 5.74) is 1.05. The molecular formula is C19H20FN3O2. The third kappa shape index (κ3) is 3.60. The lowest BCUT2D eigenvalue weighted by molar-refractivity contribution is 0.196. The van der Waals surface area contributed by atoms with Crippen LogP contribution in [0.15, 0.2) is 53.3 Å². The Morgan fingerprint density at radius 2 is 1.92 bits per heavy atom. The minimum atomic E-state index is -0.349. The molecular weight excluding hydrogens is 321 g/mol. The van der Waals surface area contributed by atoms with E-state index in [1.165, 1.54) is 16.7 Å². The molecule has 3 rings (SSSR count). The lowest BCUT2D eigenvalue weighted by atomic mass is 10.2. The molecule has 0 aliphatic heterocycles. The Labute approximate surface area is 145 Å². The van der Waals surface area contributed by atoms with Crippen LogP contribution in [0.2, 0.25) is 0 Å². The van der Waals surface area contributed by atoms with Gasteiger partial charge in [0.2, 0.25) is 0 Å². The molecule has 1 unspecified atom stereocenters. The lowest BCUT2D eigenvalue weighted by Crippen LogP contribution is -2.31. The summed E-state index contributed by atoms with van der Waals surface area (Å²) in [6.45, 7) is 3.12. The average Bonchev–Trinajstić information content (AvgIpc) is 2.63. The molecule has 0 amide bonds. The number of rotatable bonds is 6. The van der Waals surface area contributed by atoms with Crippen molar-refractivity contribution in [3.8, 4) is 5.69 Å². The van der Waals surface area contributed by atoms with Gasteiger partial charge in [-0.05, 0) is 43.3 Å². The van der Waals surface area contributed by atoms with Crippen LogP contribution in [0.1, 0.15) is 18.8 Å². The van der Waals surface area contributed by atoms with Crippen molar-refractivity contribution in [2.75, 3.05) is 20.3 Å². The Morgan fingerprint density at radius 3 is 2.64 bits per heavy atom. The minimum Gasteiger partial charge on any atom is -0.383 e. The van der Waals surface area contributed by atoms with E-state index in [-0.39, 0.29) is 17.4 Å². The van der Waals surface area contributed by atoms with Gasteiger partial charge in [0.05, 0.1) is 29.2 Å². The fourth-order valence-corrected chi connectivity index (χ4v) is 2.75. The molecule has 0 spiro atoms. The maximum Gasteiger partial charge on any atom is 0.266 e. The molecule has 3 aromatic rings. The zero-order chi connectivity index (χ0) is 17.8. The van der Waals surface area contributed by atoms with Crippen LogP contribution >= 0.6 is 0 Å². The van der Waals surface area contributed by atoms with Crippen LogP contribution in [0.25, 0.3) is 16.6 Å². The first kappa shape index (κ1) is 17.3. The van der Waals surface area contributed by atoms with E-state index in [0.717, 1.165) is 0 Å². The normalized spacial score (nSPS) is 12.4. The van der Waals surface area contributed by atoms with Crippen LogP contribution < -0.4 is 10.9 Å². The molecule has 5 nitrogen and oxygen atoms in total. The number of hydrogen-bond donors (Lipinski definition) is 1.